The molecule has 0 saturated heterocycles. The number of nitrogen functional groups attached to an aromatic ring is 1. The van der Waals surface area contributed by atoms with Crippen LogP contribution in [0.5, 0.6) is 0 Å². The quantitative estimate of drug-likeness (QED) is 0.687. The monoisotopic (exact) mass is 229 g/mol. The van der Waals surface area contributed by atoms with Gasteiger partial charge in [0.1, 0.15) is 0 Å². The van der Waals surface area contributed by atoms with Crippen LogP contribution in [0, 0.1) is 0 Å². The van der Waals surface area contributed by atoms with E-state index in [1.54, 1.807) is 0 Å². The van der Waals surface area contributed by atoms with Crippen molar-refractivity contribution in [2.45, 2.75) is 0 Å². The van der Waals surface area contributed by atoms with E-state index >= 15 is 0 Å². The molecule has 0 radical (unpaired) electrons. The Morgan fingerprint density at radius 3 is 2.83 bits per heavy atom. The first-order valence-corrected chi connectivity index (χ1v) is 4.52. The van der Waals surface area contributed by atoms with E-state index in [2.05, 4.69) is 21.2 Å². The van der Waals surface area contributed by atoms with Crippen LogP contribution < -0.4 is 16.8 Å². The molecule has 66 valence electrons. The minimum Gasteiger partial charge on any atom is -0.397 e. The summed E-state index contributed by atoms with van der Waals surface area (Å²) < 4.78 is 1.01. The average molecular weight is 230 g/mol. The standard InChI is InChI=1S/C8H12BrN3/c9-6-1-2-7(11)8(5-6)12-4-3-10/h1-2,5,12H,3-4,10-11H2. The lowest BCUT2D eigenvalue weighted by Gasteiger charge is -2.07. The van der Waals surface area contributed by atoms with E-state index in [0.29, 0.717) is 6.54 Å². The van der Waals surface area contributed by atoms with E-state index in [1.165, 1.54) is 0 Å². The number of hydrogen-bond acceptors (Lipinski definition) is 3. The normalized spacial score (nSPS) is 9.83. The molecule has 0 bridgehead atoms. The number of anilines is 2. The number of halogens is 1. The maximum Gasteiger partial charge on any atom is 0.0585 e. The Kier molecular flexibility index (Phi) is 3.37. The highest BCUT2D eigenvalue weighted by molar-refractivity contribution is 9.10. The summed E-state index contributed by atoms with van der Waals surface area (Å²) in [5, 5.41) is 3.12. The zero-order valence-electron chi connectivity index (χ0n) is 6.68. The average Bonchev–Trinajstić information content (AvgIpc) is 2.07. The van der Waals surface area contributed by atoms with Gasteiger partial charge in [0, 0.05) is 17.6 Å². The van der Waals surface area contributed by atoms with Crippen molar-refractivity contribution >= 4 is 27.3 Å². The van der Waals surface area contributed by atoms with Gasteiger partial charge in [-0.2, -0.15) is 0 Å². The van der Waals surface area contributed by atoms with E-state index in [1.807, 2.05) is 18.2 Å². The third-order valence-corrected chi connectivity index (χ3v) is 1.97. The molecule has 0 aliphatic rings. The topological polar surface area (TPSA) is 64.1 Å². The molecule has 0 fully saturated rings. The zero-order chi connectivity index (χ0) is 8.97. The Morgan fingerprint density at radius 1 is 1.42 bits per heavy atom. The van der Waals surface area contributed by atoms with Crippen molar-refractivity contribution in [2.24, 2.45) is 5.73 Å². The number of nitrogens with two attached hydrogens (primary N) is 2. The summed E-state index contributed by atoms with van der Waals surface area (Å²) in [7, 11) is 0. The van der Waals surface area contributed by atoms with E-state index in [9.17, 15) is 0 Å². The molecule has 0 heterocycles. The Morgan fingerprint density at radius 2 is 2.17 bits per heavy atom. The molecular formula is C8H12BrN3. The highest BCUT2D eigenvalue weighted by Crippen LogP contribution is 2.22. The van der Waals surface area contributed by atoms with Crippen LogP contribution in [0.3, 0.4) is 0 Å². The number of benzene rings is 1. The largest absolute Gasteiger partial charge is 0.397 e. The first-order valence-electron chi connectivity index (χ1n) is 3.73. The lowest BCUT2D eigenvalue weighted by Crippen LogP contribution is -2.13. The van der Waals surface area contributed by atoms with Crippen molar-refractivity contribution in [1.29, 1.82) is 0 Å². The Balaban J connectivity index is 2.75. The molecule has 0 aromatic heterocycles. The number of hydrogen-bond donors (Lipinski definition) is 3. The Bertz CT molecular complexity index is 262. The van der Waals surface area contributed by atoms with Gasteiger partial charge >= 0.3 is 0 Å². The van der Waals surface area contributed by atoms with Crippen molar-refractivity contribution in [3.8, 4) is 0 Å². The second-order valence-electron chi connectivity index (χ2n) is 2.45. The molecular weight excluding hydrogens is 218 g/mol. The van der Waals surface area contributed by atoms with Gasteiger partial charge < -0.3 is 16.8 Å². The third-order valence-electron chi connectivity index (χ3n) is 1.48. The van der Waals surface area contributed by atoms with Crippen LogP contribution in [0.25, 0.3) is 0 Å². The summed E-state index contributed by atoms with van der Waals surface area (Å²) in [5.74, 6) is 0. The molecule has 5 N–H and O–H groups in total. The van der Waals surface area contributed by atoms with Crippen molar-refractivity contribution in [3.63, 3.8) is 0 Å². The molecule has 0 spiro atoms. The van der Waals surface area contributed by atoms with Crippen LogP contribution >= 0.6 is 15.9 Å². The van der Waals surface area contributed by atoms with Gasteiger partial charge in [0.2, 0.25) is 0 Å². The molecule has 1 aromatic rings. The van der Waals surface area contributed by atoms with Crippen molar-refractivity contribution in [1.82, 2.24) is 0 Å². The summed E-state index contributed by atoms with van der Waals surface area (Å²) in [6, 6.07) is 5.69. The lowest BCUT2D eigenvalue weighted by atomic mass is 10.3. The summed E-state index contributed by atoms with van der Waals surface area (Å²) >= 11 is 3.36. The molecule has 0 unspecified atom stereocenters. The first kappa shape index (κ1) is 9.35. The van der Waals surface area contributed by atoms with Gasteiger partial charge in [0.05, 0.1) is 11.4 Å². The molecule has 0 saturated carbocycles. The van der Waals surface area contributed by atoms with E-state index < -0.39 is 0 Å². The van der Waals surface area contributed by atoms with Crippen LogP contribution in [0.2, 0.25) is 0 Å². The van der Waals surface area contributed by atoms with Gasteiger partial charge in [-0.05, 0) is 18.2 Å². The van der Waals surface area contributed by atoms with E-state index in [-0.39, 0.29) is 0 Å². The third kappa shape index (κ3) is 2.39. The molecule has 3 nitrogen and oxygen atoms in total. The zero-order valence-corrected chi connectivity index (χ0v) is 8.26. The van der Waals surface area contributed by atoms with Crippen LogP contribution in [0.15, 0.2) is 22.7 Å². The molecule has 1 rings (SSSR count). The van der Waals surface area contributed by atoms with Crippen LogP contribution in [-0.4, -0.2) is 13.1 Å². The predicted molar refractivity (Wildman–Crippen MR) is 56.1 cm³/mol. The molecule has 1 aromatic carbocycles. The molecule has 12 heavy (non-hydrogen) atoms. The number of nitrogens with one attached hydrogen (secondary N) is 1. The lowest BCUT2D eigenvalue weighted by molar-refractivity contribution is 1.02. The van der Waals surface area contributed by atoms with Gasteiger partial charge in [0.25, 0.3) is 0 Å². The Labute approximate surface area is 80.3 Å². The van der Waals surface area contributed by atoms with E-state index in [4.69, 9.17) is 11.5 Å². The molecule has 0 amide bonds. The minimum atomic E-state index is 0.603. The molecule has 0 aliphatic carbocycles. The van der Waals surface area contributed by atoms with E-state index in [0.717, 1.165) is 22.4 Å². The smallest absolute Gasteiger partial charge is 0.0585 e. The van der Waals surface area contributed by atoms with Gasteiger partial charge in [-0.15, -0.1) is 0 Å². The molecule has 4 heteroatoms. The Hall–Kier alpha value is -0.740. The maximum atomic E-state index is 5.71. The minimum absolute atomic E-state index is 0.603. The van der Waals surface area contributed by atoms with Gasteiger partial charge in [-0.3, -0.25) is 0 Å². The van der Waals surface area contributed by atoms with Gasteiger partial charge in [-0.25, -0.2) is 0 Å². The van der Waals surface area contributed by atoms with Crippen LogP contribution in [0.1, 0.15) is 0 Å². The van der Waals surface area contributed by atoms with Crippen molar-refractivity contribution in [2.75, 3.05) is 24.1 Å². The van der Waals surface area contributed by atoms with Crippen molar-refractivity contribution < 1.29 is 0 Å². The maximum absolute atomic E-state index is 5.71. The fourth-order valence-corrected chi connectivity index (χ4v) is 1.25. The summed E-state index contributed by atoms with van der Waals surface area (Å²) in [4.78, 5) is 0. The summed E-state index contributed by atoms with van der Waals surface area (Å²) in [6.07, 6.45) is 0. The molecule has 0 atom stereocenters. The first-order chi connectivity index (χ1) is 5.74. The van der Waals surface area contributed by atoms with Gasteiger partial charge in [0.15, 0.2) is 0 Å². The fraction of sp³-hybridized carbons (Fsp3) is 0.250. The highest BCUT2D eigenvalue weighted by Gasteiger charge is 1.97. The molecule has 0 aliphatic heterocycles. The van der Waals surface area contributed by atoms with Crippen LogP contribution in [0.4, 0.5) is 11.4 Å². The number of rotatable bonds is 3. The summed E-state index contributed by atoms with van der Waals surface area (Å²) in [6.45, 7) is 1.34. The second-order valence-corrected chi connectivity index (χ2v) is 3.36. The summed E-state index contributed by atoms with van der Waals surface area (Å²) in [5.41, 5.74) is 12.7. The van der Waals surface area contributed by atoms with Gasteiger partial charge in [-0.1, -0.05) is 15.9 Å². The predicted octanol–water partition coefficient (Wildman–Crippen LogP) is 1.40. The van der Waals surface area contributed by atoms with Crippen LogP contribution in [-0.2, 0) is 0 Å². The highest BCUT2D eigenvalue weighted by atomic mass is 79.9. The fourth-order valence-electron chi connectivity index (χ4n) is 0.888. The SMILES string of the molecule is NCCNc1cc(Br)ccc1N. The second kappa shape index (κ2) is 4.33. The van der Waals surface area contributed by atoms with Crippen molar-refractivity contribution in [3.05, 3.63) is 22.7 Å².